The number of hydrogen-bond acceptors (Lipinski definition) is 3. The van der Waals surface area contributed by atoms with Crippen LogP contribution in [0.1, 0.15) is 17.3 Å². The van der Waals surface area contributed by atoms with Crippen LogP contribution in [-0.4, -0.2) is 20.2 Å². The lowest BCUT2D eigenvalue weighted by Crippen LogP contribution is -2.40. The maximum absolute atomic E-state index is 11.3. The molecule has 1 N–H and O–H groups in total. The topological polar surface area (TPSA) is 81.3 Å². The van der Waals surface area contributed by atoms with Crippen molar-refractivity contribution in [2.24, 2.45) is 7.05 Å². The molecule has 0 bridgehead atoms. The third-order valence-electron chi connectivity index (χ3n) is 1.92. The van der Waals surface area contributed by atoms with Crippen molar-refractivity contribution in [2.45, 2.75) is 13.5 Å². The monoisotopic (exact) mass is 198 g/mol. The quantitative estimate of drug-likeness (QED) is 0.679. The fourth-order valence-corrected chi connectivity index (χ4v) is 1.10. The van der Waals surface area contributed by atoms with Crippen LogP contribution in [0.25, 0.3) is 0 Å². The lowest BCUT2D eigenvalue weighted by atomic mass is 10.3. The molecule has 0 amide bonds. The van der Waals surface area contributed by atoms with E-state index in [-0.39, 0.29) is 0 Å². The summed E-state index contributed by atoms with van der Waals surface area (Å²) in [6, 6.07) is 0. The van der Waals surface area contributed by atoms with Gasteiger partial charge in [0.15, 0.2) is 0 Å². The molecule has 0 fully saturated rings. The first-order chi connectivity index (χ1) is 6.49. The molecule has 1 aromatic heterocycles. The molecule has 0 aliphatic carbocycles. The smallest absolute Gasteiger partial charge is 0.342 e. The summed E-state index contributed by atoms with van der Waals surface area (Å²) in [5.74, 6) is -1.33. The van der Waals surface area contributed by atoms with Crippen molar-refractivity contribution in [1.82, 2.24) is 9.13 Å². The Hall–Kier alpha value is -1.85. The minimum absolute atomic E-state index is 0.327. The maximum atomic E-state index is 11.3. The summed E-state index contributed by atoms with van der Waals surface area (Å²) in [4.78, 5) is 33.2. The minimum atomic E-state index is -1.33. The van der Waals surface area contributed by atoms with Crippen molar-refractivity contribution in [3.63, 3.8) is 0 Å². The van der Waals surface area contributed by atoms with Crippen LogP contribution in [0.15, 0.2) is 15.8 Å². The lowest BCUT2D eigenvalue weighted by Gasteiger charge is -2.05. The molecule has 76 valence electrons. The third kappa shape index (κ3) is 1.46. The summed E-state index contributed by atoms with van der Waals surface area (Å²) in [6.07, 6.45) is 1.06. The zero-order valence-corrected chi connectivity index (χ0v) is 7.85. The van der Waals surface area contributed by atoms with Gasteiger partial charge in [0.2, 0.25) is 0 Å². The molecule has 0 saturated heterocycles. The van der Waals surface area contributed by atoms with E-state index >= 15 is 0 Å². The van der Waals surface area contributed by atoms with Gasteiger partial charge in [-0.25, -0.2) is 9.59 Å². The van der Waals surface area contributed by atoms with Gasteiger partial charge in [-0.1, -0.05) is 0 Å². The highest BCUT2D eigenvalue weighted by Crippen LogP contribution is 1.88. The summed E-state index contributed by atoms with van der Waals surface area (Å²) < 4.78 is 1.96. The average molecular weight is 198 g/mol. The second-order valence-corrected chi connectivity index (χ2v) is 2.78. The number of carboxylic acids is 1. The molecule has 0 atom stereocenters. The summed E-state index contributed by atoms with van der Waals surface area (Å²) in [6.45, 7) is 2.02. The molecule has 1 aromatic rings. The van der Waals surface area contributed by atoms with Crippen molar-refractivity contribution < 1.29 is 9.90 Å². The zero-order chi connectivity index (χ0) is 10.9. The molecule has 0 aliphatic heterocycles. The molecule has 6 heteroatoms. The Kier molecular flexibility index (Phi) is 2.55. The summed E-state index contributed by atoms with van der Waals surface area (Å²) in [7, 11) is 1.25. The van der Waals surface area contributed by atoms with Gasteiger partial charge in [0.1, 0.15) is 5.56 Å². The Labute approximate surface area is 79.0 Å². The predicted molar refractivity (Wildman–Crippen MR) is 48.6 cm³/mol. The highest BCUT2D eigenvalue weighted by atomic mass is 16.4. The molecule has 0 saturated carbocycles. The van der Waals surface area contributed by atoms with Crippen LogP contribution >= 0.6 is 0 Å². The number of rotatable bonds is 2. The predicted octanol–water partition coefficient (Wildman–Crippen LogP) is -0.735. The molecule has 0 aliphatic rings. The fourth-order valence-electron chi connectivity index (χ4n) is 1.10. The molecule has 1 heterocycles. The zero-order valence-electron chi connectivity index (χ0n) is 7.85. The van der Waals surface area contributed by atoms with E-state index in [1.165, 1.54) is 11.6 Å². The molecule has 0 unspecified atom stereocenters. The summed E-state index contributed by atoms with van der Waals surface area (Å²) >= 11 is 0. The standard InChI is InChI=1S/C8H10N2O4/c1-3-10-4-5(7(12)13)6(11)9(2)8(10)14/h4H,3H2,1-2H3,(H,12,13). The Morgan fingerprint density at radius 1 is 1.50 bits per heavy atom. The van der Waals surface area contributed by atoms with Crippen LogP contribution in [0, 0.1) is 0 Å². The van der Waals surface area contributed by atoms with Gasteiger partial charge in [-0.2, -0.15) is 0 Å². The van der Waals surface area contributed by atoms with Gasteiger partial charge in [-0.3, -0.25) is 13.9 Å². The highest BCUT2D eigenvalue weighted by molar-refractivity contribution is 5.86. The van der Waals surface area contributed by atoms with Crippen LogP contribution < -0.4 is 11.2 Å². The van der Waals surface area contributed by atoms with Gasteiger partial charge in [-0.05, 0) is 6.92 Å². The normalized spacial score (nSPS) is 10.1. The Bertz CT molecular complexity index is 483. The van der Waals surface area contributed by atoms with E-state index in [1.807, 2.05) is 0 Å². The first kappa shape index (κ1) is 10.2. The van der Waals surface area contributed by atoms with Crippen molar-refractivity contribution in [3.05, 3.63) is 32.6 Å². The van der Waals surface area contributed by atoms with E-state index in [0.717, 1.165) is 10.8 Å². The first-order valence-electron chi connectivity index (χ1n) is 4.02. The SMILES string of the molecule is CCn1cc(C(=O)O)c(=O)n(C)c1=O. The fraction of sp³-hybridized carbons (Fsp3) is 0.375. The molecule has 6 nitrogen and oxygen atoms in total. The van der Waals surface area contributed by atoms with Crippen molar-refractivity contribution in [2.75, 3.05) is 0 Å². The largest absolute Gasteiger partial charge is 0.477 e. The van der Waals surface area contributed by atoms with Crippen molar-refractivity contribution in [1.29, 1.82) is 0 Å². The number of aromatic carboxylic acids is 1. The highest BCUT2D eigenvalue weighted by Gasteiger charge is 2.13. The number of nitrogens with zero attached hydrogens (tertiary/aromatic N) is 2. The van der Waals surface area contributed by atoms with Crippen LogP contribution in [0.4, 0.5) is 0 Å². The number of aryl methyl sites for hydroxylation is 1. The second kappa shape index (κ2) is 3.49. The molecule has 0 radical (unpaired) electrons. The number of carboxylic acid groups (broad SMARTS) is 1. The molecular formula is C8H10N2O4. The summed E-state index contributed by atoms with van der Waals surface area (Å²) in [5.41, 5.74) is -1.69. The van der Waals surface area contributed by atoms with Gasteiger partial charge >= 0.3 is 11.7 Å². The van der Waals surface area contributed by atoms with Crippen LogP contribution in [-0.2, 0) is 13.6 Å². The third-order valence-corrected chi connectivity index (χ3v) is 1.92. The van der Waals surface area contributed by atoms with E-state index in [9.17, 15) is 14.4 Å². The number of carbonyl (C=O) groups is 1. The molecule has 0 spiro atoms. The Balaban J connectivity index is 3.66. The van der Waals surface area contributed by atoms with E-state index in [4.69, 9.17) is 5.11 Å². The molecule has 14 heavy (non-hydrogen) atoms. The number of hydrogen-bond donors (Lipinski definition) is 1. The molecule has 0 aromatic carbocycles. The van der Waals surface area contributed by atoms with Gasteiger partial charge in [0, 0.05) is 19.8 Å². The number of aromatic nitrogens is 2. The van der Waals surface area contributed by atoms with E-state index in [1.54, 1.807) is 6.92 Å². The van der Waals surface area contributed by atoms with Gasteiger partial charge in [-0.15, -0.1) is 0 Å². The first-order valence-corrected chi connectivity index (χ1v) is 4.02. The van der Waals surface area contributed by atoms with E-state index in [2.05, 4.69) is 0 Å². The second-order valence-electron chi connectivity index (χ2n) is 2.78. The lowest BCUT2D eigenvalue weighted by molar-refractivity contribution is 0.0693. The minimum Gasteiger partial charge on any atom is -0.477 e. The van der Waals surface area contributed by atoms with Crippen molar-refractivity contribution in [3.8, 4) is 0 Å². The Morgan fingerprint density at radius 3 is 2.50 bits per heavy atom. The summed E-state index contributed by atoms with van der Waals surface area (Å²) in [5, 5.41) is 8.67. The van der Waals surface area contributed by atoms with Gasteiger partial charge in [0.05, 0.1) is 0 Å². The molecular weight excluding hydrogens is 188 g/mol. The van der Waals surface area contributed by atoms with Crippen LogP contribution in [0.5, 0.6) is 0 Å². The van der Waals surface area contributed by atoms with E-state index < -0.39 is 22.8 Å². The van der Waals surface area contributed by atoms with Crippen LogP contribution in [0.2, 0.25) is 0 Å². The average Bonchev–Trinajstić information content (AvgIpc) is 2.14. The molecule has 1 rings (SSSR count). The van der Waals surface area contributed by atoms with Crippen molar-refractivity contribution >= 4 is 5.97 Å². The Morgan fingerprint density at radius 2 is 2.07 bits per heavy atom. The van der Waals surface area contributed by atoms with Gasteiger partial charge in [0.25, 0.3) is 5.56 Å². The van der Waals surface area contributed by atoms with Crippen LogP contribution in [0.3, 0.4) is 0 Å². The van der Waals surface area contributed by atoms with Gasteiger partial charge < -0.3 is 5.11 Å². The van der Waals surface area contributed by atoms with E-state index in [0.29, 0.717) is 6.54 Å². The maximum Gasteiger partial charge on any atom is 0.342 e.